The fourth-order valence-corrected chi connectivity index (χ4v) is 2.92. The van der Waals surface area contributed by atoms with E-state index in [2.05, 4.69) is 11.4 Å². The Labute approximate surface area is 125 Å². The van der Waals surface area contributed by atoms with Crippen LogP contribution in [0.2, 0.25) is 0 Å². The number of amides is 1. The average molecular weight is 287 g/mol. The van der Waals surface area contributed by atoms with Gasteiger partial charge in [-0.2, -0.15) is 5.26 Å². The fourth-order valence-electron chi connectivity index (χ4n) is 2.92. The van der Waals surface area contributed by atoms with E-state index in [1.807, 2.05) is 12.1 Å². The van der Waals surface area contributed by atoms with E-state index in [-0.39, 0.29) is 17.9 Å². The number of nitrogens with one attached hydrogen (secondary N) is 1. The molecule has 0 bridgehead atoms. The number of carbonyl (C=O) groups is 1. The molecular formula is C16H21N3O2. The van der Waals surface area contributed by atoms with Crippen molar-refractivity contribution in [3.05, 3.63) is 29.3 Å². The highest BCUT2D eigenvalue weighted by atomic mass is 16.5. The molecule has 1 aromatic rings. The molecule has 2 atom stereocenters. The number of primary amides is 1. The molecule has 5 heteroatoms. The Hall–Kier alpha value is -2.06. The number of rotatable bonds is 5. The first-order valence-corrected chi connectivity index (χ1v) is 7.25. The van der Waals surface area contributed by atoms with Gasteiger partial charge in [-0.25, -0.2) is 0 Å². The zero-order chi connectivity index (χ0) is 15.2. The number of carbonyl (C=O) groups excluding carboxylic acids is 1. The van der Waals surface area contributed by atoms with Crippen LogP contribution >= 0.6 is 0 Å². The molecular weight excluding hydrogens is 266 g/mol. The van der Waals surface area contributed by atoms with Crippen molar-refractivity contribution in [2.75, 3.05) is 7.11 Å². The van der Waals surface area contributed by atoms with Crippen molar-refractivity contribution >= 4 is 5.91 Å². The van der Waals surface area contributed by atoms with Crippen LogP contribution in [0.3, 0.4) is 0 Å². The smallest absolute Gasteiger partial charge is 0.222 e. The lowest BCUT2D eigenvalue weighted by molar-refractivity contribution is -0.123. The maximum atomic E-state index is 11.5. The molecule has 0 aromatic heterocycles. The Morgan fingerprint density at radius 3 is 2.90 bits per heavy atom. The summed E-state index contributed by atoms with van der Waals surface area (Å²) in [6.07, 6.45) is 4.01. The molecule has 112 valence electrons. The van der Waals surface area contributed by atoms with Gasteiger partial charge in [0.15, 0.2) is 0 Å². The second-order valence-corrected chi connectivity index (χ2v) is 5.43. The van der Waals surface area contributed by atoms with Gasteiger partial charge in [0.2, 0.25) is 5.91 Å². The van der Waals surface area contributed by atoms with Crippen molar-refractivity contribution in [2.24, 2.45) is 11.7 Å². The first kappa shape index (κ1) is 15.3. The van der Waals surface area contributed by atoms with E-state index in [4.69, 9.17) is 15.7 Å². The third-order valence-corrected chi connectivity index (χ3v) is 4.08. The van der Waals surface area contributed by atoms with Gasteiger partial charge in [-0.15, -0.1) is 0 Å². The minimum atomic E-state index is -0.223. The van der Waals surface area contributed by atoms with Crippen molar-refractivity contribution in [1.29, 1.82) is 5.26 Å². The normalized spacial score (nSPS) is 21.5. The predicted octanol–water partition coefficient (Wildman–Crippen LogP) is 1.70. The van der Waals surface area contributed by atoms with Crippen LogP contribution in [0.1, 0.15) is 36.8 Å². The van der Waals surface area contributed by atoms with E-state index in [0.29, 0.717) is 17.9 Å². The summed E-state index contributed by atoms with van der Waals surface area (Å²) in [6, 6.07) is 7.79. The summed E-state index contributed by atoms with van der Waals surface area (Å²) in [5, 5.41) is 12.5. The van der Waals surface area contributed by atoms with Gasteiger partial charge in [0.25, 0.3) is 0 Å². The molecule has 0 saturated heterocycles. The molecule has 1 aliphatic carbocycles. The highest BCUT2D eigenvalue weighted by molar-refractivity contribution is 5.77. The third-order valence-electron chi connectivity index (χ3n) is 4.08. The van der Waals surface area contributed by atoms with Crippen LogP contribution in [0, 0.1) is 17.2 Å². The molecule has 0 radical (unpaired) electrons. The molecule has 2 rings (SSSR count). The number of ether oxygens (including phenoxy) is 1. The van der Waals surface area contributed by atoms with Gasteiger partial charge in [-0.1, -0.05) is 18.9 Å². The van der Waals surface area contributed by atoms with Crippen molar-refractivity contribution in [3.8, 4) is 11.8 Å². The summed E-state index contributed by atoms with van der Waals surface area (Å²) in [6.45, 7) is 0.618. The van der Waals surface area contributed by atoms with Gasteiger partial charge in [-0.05, 0) is 30.5 Å². The molecule has 1 aliphatic rings. The molecule has 21 heavy (non-hydrogen) atoms. The van der Waals surface area contributed by atoms with E-state index in [1.165, 1.54) is 0 Å². The van der Waals surface area contributed by atoms with E-state index >= 15 is 0 Å². The highest BCUT2D eigenvalue weighted by Crippen LogP contribution is 2.25. The zero-order valence-electron chi connectivity index (χ0n) is 12.3. The highest BCUT2D eigenvalue weighted by Gasteiger charge is 2.28. The summed E-state index contributed by atoms with van der Waals surface area (Å²) < 4.78 is 5.13. The number of nitrogens with zero attached hydrogens (tertiary/aromatic N) is 1. The van der Waals surface area contributed by atoms with Crippen molar-refractivity contribution in [1.82, 2.24) is 5.32 Å². The molecule has 3 N–H and O–H groups in total. The second kappa shape index (κ2) is 7.09. The lowest BCUT2D eigenvalue weighted by Crippen LogP contribution is -2.44. The Balaban J connectivity index is 2.02. The maximum absolute atomic E-state index is 11.5. The van der Waals surface area contributed by atoms with E-state index in [0.717, 1.165) is 31.2 Å². The number of hydrogen-bond acceptors (Lipinski definition) is 4. The van der Waals surface area contributed by atoms with Gasteiger partial charge < -0.3 is 15.8 Å². The molecule has 5 nitrogen and oxygen atoms in total. The third kappa shape index (κ3) is 3.73. The van der Waals surface area contributed by atoms with Gasteiger partial charge in [0.05, 0.1) is 18.6 Å². The Bertz CT molecular complexity index is 551. The monoisotopic (exact) mass is 287 g/mol. The average Bonchev–Trinajstić information content (AvgIpc) is 2.52. The van der Waals surface area contributed by atoms with E-state index < -0.39 is 0 Å². The summed E-state index contributed by atoms with van der Waals surface area (Å²) in [5.74, 6) is 0.265. The number of methoxy groups -OCH3 is 1. The summed E-state index contributed by atoms with van der Waals surface area (Å²) in [5.41, 5.74) is 6.99. The lowest BCUT2D eigenvalue weighted by atomic mass is 9.84. The topological polar surface area (TPSA) is 88.1 Å². The summed E-state index contributed by atoms with van der Waals surface area (Å²) >= 11 is 0. The van der Waals surface area contributed by atoms with Crippen molar-refractivity contribution < 1.29 is 9.53 Å². The summed E-state index contributed by atoms with van der Waals surface area (Å²) in [4.78, 5) is 11.5. The molecule has 1 aromatic carbocycles. The molecule has 0 unspecified atom stereocenters. The van der Waals surface area contributed by atoms with Crippen LogP contribution in [0.15, 0.2) is 18.2 Å². The van der Waals surface area contributed by atoms with E-state index in [9.17, 15) is 4.79 Å². The SMILES string of the molecule is COc1ccc(CN[C@@H]2CCCC[C@H]2C(N)=O)cc1C#N. The maximum Gasteiger partial charge on any atom is 0.222 e. The quantitative estimate of drug-likeness (QED) is 0.862. The minimum Gasteiger partial charge on any atom is -0.495 e. The van der Waals surface area contributed by atoms with Crippen LogP contribution in [-0.2, 0) is 11.3 Å². The second-order valence-electron chi connectivity index (χ2n) is 5.43. The standard InChI is InChI=1S/C16H21N3O2/c1-21-15-7-6-11(8-12(15)9-17)10-19-14-5-3-2-4-13(14)16(18)20/h6-8,13-14,19H,2-5,10H2,1H3,(H2,18,20)/t13-,14-/m1/s1. The minimum absolute atomic E-state index is 0.0903. The van der Waals surface area contributed by atoms with Crippen LogP contribution in [0.25, 0.3) is 0 Å². The van der Waals surface area contributed by atoms with Gasteiger partial charge in [-0.3, -0.25) is 4.79 Å². The zero-order valence-corrected chi connectivity index (χ0v) is 12.3. The number of nitrogens with two attached hydrogens (primary N) is 1. The number of benzene rings is 1. The van der Waals surface area contributed by atoms with Gasteiger partial charge in [0.1, 0.15) is 11.8 Å². The Kier molecular flexibility index (Phi) is 5.18. The largest absolute Gasteiger partial charge is 0.495 e. The van der Waals surface area contributed by atoms with Crippen LogP contribution in [0.4, 0.5) is 0 Å². The van der Waals surface area contributed by atoms with Crippen LogP contribution in [-0.4, -0.2) is 19.1 Å². The molecule has 1 saturated carbocycles. The molecule has 1 amide bonds. The summed E-state index contributed by atoms with van der Waals surface area (Å²) in [7, 11) is 1.55. The van der Waals surface area contributed by atoms with Crippen LogP contribution in [0.5, 0.6) is 5.75 Å². The Morgan fingerprint density at radius 2 is 2.24 bits per heavy atom. The number of hydrogen-bond donors (Lipinski definition) is 2. The van der Waals surface area contributed by atoms with Crippen molar-refractivity contribution in [3.63, 3.8) is 0 Å². The van der Waals surface area contributed by atoms with E-state index in [1.54, 1.807) is 13.2 Å². The van der Waals surface area contributed by atoms with Gasteiger partial charge in [0, 0.05) is 12.6 Å². The van der Waals surface area contributed by atoms with Gasteiger partial charge >= 0.3 is 0 Å². The van der Waals surface area contributed by atoms with Crippen molar-refractivity contribution in [2.45, 2.75) is 38.3 Å². The molecule has 0 aliphatic heterocycles. The first-order valence-electron chi connectivity index (χ1n) is 7.25. The Morgan fingerprint density at radius 1 is 1.48 bits per heavy atom. The number of nitriles is 1. The fraction of sp³-hybridized carbons (Fsp3) is 0.500. The molecule has 0 heterocycles. The first-order chi connectivity index (χ1) is 10.2. The molecule has 1 fully saturated rings. The molecule has 0 spiro atoms. The predicted molar refractivity (Wildman–Crippen MR) is 79.5 cm³/mol. The van der Waals surface area contributed by atoms with Crippen LogP contribution < -0.4 is 15.8 Å². The lowest BCUT2D eigenvalue weighted by Gasteiger charge is -2.30.